The lowest BCUT2D eigenvalue weighted by Gasteiger charge is -2.36. The number of amides is 4. The lowest BCUT2D eigenvalue weighted by atomic mass is 9.98. The summed E-state index contributed by atoms with van der Waals surface area (Å²) in [6.45, 7) is 3.95. The number of hydrogen-bond donors (Lipinski definition) is 6. The Morgan fingerprint density at radius 2 is 1.43 bits per heavy atom. The monoisotopic (exact) mass is 502 g/mol. The van der Waals surface area contributed by atoms with Gasteiger partial charge in [-0.1, -0.05) is 13.8 Å². The number of imide groups is 1. The topological polar surface area (TPSA) is 251 Å². The summed E-state index contributed by atoms with van der Waals surface area (Å²) in [7, 11) is 0. The van der Waals surface area contributed by atoms with Gasteiger partial charge in [0.2, 0.25) is 23.6 Å². The van der Waals surface area contributed by atoms with Crippen molar-refractivity contribution in [1.82, 2.24) is 15.5 Å². The molecule has 0 aliphatic heterocycles. The van der Waals surface area contributed by atoms with Crippen LogP contribution >= 0.6 is 0 Å². The van der Waals surface area contributed by atoms with Crippen molar-refractivity contribution in [3.63, 3.8) is 0 Å². The van der Waals surface area contributed by atoms with Crippen molar-refractivity contribution in [1.29, 1.82) is 0 Å². The quantitative estimate of drug-likeness (QED) is 0.129. The first-order chi connectivity index (χ1) is 16.1. The minimum Gasteiger partial charge on any atom is -0.481 e. The Hall–Kier alpha value is -3.88. The number of carboxylic acid groups (broad SMARTS) is 3. The first kappa shape index (κ1) is 31.1. The first-order valence-electron chi connectivity index (χ1n) is 10.4. The Kier molecular flexibility index (Phi) is 12.8. The maximum Gasteiger partial charge on any atom is 0.305 e. The molecule has 0 bridgehead atoms. The largest absolute Gasteiger partial charge is 0.481 e. The van der Waals surface area contributed by atoms with Crippen LogP contribution in [0.1, 0.15) is 46.5 Å². The molecule has 0 spiro atoms. The number of carbonyl (C=O) groups excluding carboxylic acids is 5. The van der Waals surface area contributed by atoms with E-state index in [1.54, 1.807) is 0 Å². The van der Waals surface area contributed by atoms with Gasteiger partial charge < -0.3 is 36.1 Å². The number of rotatable bonds is 15. The molecule has 15 nitrogen and oxygen atoms in total. The van der Waals surface area contributed by atoms with E-state index >= 15 is 0 Å². The van der Waals surface area contributed by atoms with E-state index in [1.807, 2.05) is 5.32 Å². The molecule has 0 aromatic heterocycles. The highest BCUT2D eigenvalue weighted by Gasteiger charge is 2.38. The highest BCUT2D eigenvalue weighted by Crippen LogP contribution is 2.17. The number of nitrogens with zero attached hydrogens (tertiary/aromatic N) is 1. The normalized spacial score (nSPS) is 14.1. The van der Waals surface area contributed by atoms with Crippen molar-refractivity contribution >= 4 is 47.8 Å². The van der Waals surface area contributed by atoms with Crippen molar-refractivity contribution in [3.8, 4) is 0 Å². The fourth-order valence-electron chi connectivity index (χ4n) is 3.16. The van der Waals surface area contributed by atoms with E-state index < -0.39 is 97.3 Å². The molecule has 0 aromatic carbocycles. The second-order valence-corrected chi connectivity index (χ2v) is 7.97. The molecule has 4 atom stereocenters. The van der Waals surface area contributed by atoms with E-state index in [0.717, 1.165) is 11.8 Å². The van der Waals surface area contributed by atoms with Gasteiger partial charge in [0.1, 0.15) is 18.4 Å². The summed E-state index contributed by atoms with van der Waals surface area (Å²) in [6.07, 6.45) is -2.50. The molecule has 0 fully saturated rings. The minimum atomic E-state index is -1.61. The van der Waals surface area contributed by atoms with Gasteiger partial charge in [-0.25, -0.2) is 0 Å². The van der Waals surface area contributed by atoms with Gasteiger partial charge in [0.15, 0.2) is 0 Å². The summed E-state index contributed by atoms with van der Waals surface area (Å²) in [6, 6.07) is -6.17. The number of aldehydes is 1. The van der Waals surface area contributed by atoms with Crippen LogP contribution in [0.4, 0.5) is 0 Å². The highest BCUT2D eigenvalue weighted by molar-refractivity contribution is 6.03. The molecule has 196 valence electrons. The summed E-state index contributed by atoms with van der Waals surface area (Å²) < 4.78 is 0. The van der Waals surface area contributed by atoms with E-state index in [4.69, 9.17) is 21.1 Å². The molecule has 4 unspecified atom stereocenters. The van der Waals surface area contributed by atoms with E-state index in [1.165, 1.54) is 13.8 Å². The van der Waals surface area contributed by atoms with Gasteiger partial charge >= 0.3 is 17.9 Å². The number of aliphatic carboxylic acids is 3. The van der Waals surface area contributed by atoms with Crippen LogP contribution in [-0.2, 0) is 38.4 Å². The summed E-state index contributed by atoms with van der Waals surface area (Å²) in [5, 5.41) is 30.7. The van der Waals surface area contributed by atoms with Crippen molar-refractivity contribution in [2.24, 2.45) is 11.7 Å². The van der Waals surface area contributed by atoms with Gasteiger partial charge in [0.25, 0.3) is 0 Å². The Bertz CT molecular complexity index is 858. The van der Waals surface area contributed by atoms with Gasteiger partial charge in [-0.15, -0.1) is 0 Å². The van der Waals surface area contributed by atoms with Gasteiger partial charge in [0, 0.05) is 13.3 Å². The maximum absolute atomic E-state index is 12.9. The Balaban J connectivity index is 5.87. The molecule has 0 aliphatic carbocycles. The van der Waals surface area contributed by atoms with Crippen LogP contribution in [0.3, 0.4) is 0 Å². The SMILES string of the molecule is CC(=O)N(C(C=O)CC(=O)O)C(C(=O)NC(=O)C(CCC(=O)O)NC(=O)C(N)CC(=O)O)C(C)C. The van der Waals surface area contributed by atoms with Crippen molar-refractivity contribution in [2.45, 2.75) is 70.6 Å². The first-order valence-corrected chi connectivity index (χ1v) is 10.4. The third kappa shape index (κ3) is 10.7. The second-order valence-electron chi connectivity index (χ2n) is 7.97. The standard InChI is InChI=1S/C20H30N4O11/c1-9(2)17(24(10(3)26)11(8-25)6-15(29)30)20(35)23-19(34)13(4-5-14(27)28)22-18(33)12(21)7-16(31)32/h8-9,11-13,17H,4-7,21H2,1-3H3,(H,22,33)(H,27,28)(H,29,30)(H,31,32)(H,23,34,35). The van der Waals surface area contributed by atoms with E-state index in [9.17, 15) is 38.4 Å². The zero-order valence-corrected chi connectivity index (χ0v) is 19.4. The number of carbonyl (C=O) groups is 8. The minimum absolute atomic E-state index is 0.180. The average molecular weight is 502 g/mol. The van der Waals surface area contributed by atoms with Crippen LogP contribution < -0.4 is 16.4 Å². The fraction of sp³-hybridized carbons (Fsp3) is 0.600. The molecule has 35 heavy (non-hydrogen) atoms. The molecule has 4 amide bonds. The summed E-state index contributed by atoms with van der Waals surface area (Å²) in [5.74, 6) is -9.05. The molecule has 0 heterocycles. The van der Waals surface area contributed by atoms with Crippen LogP contribution in [0.15, 0.2) is 0 Å². The third-order valence-corrected chi connectivity index (χ3v) is 4.72. The van der Waals surface area contributed by atoms with Gasteiger partial charge in [-0.2, -0.15) is 0 Å². The zero-order chi connectivity index (χ0) is 27.5. The van der Waals surface area contributed by atoms with Crippen molar-refractivity contribution in [3.05, 3.63) is 0 Å². The van der Waals surface area contributed by atoms with E-state index in [2.05, 4.69) is 5.32 Å². The fourth-order valence-corrected chi connectivity index (χ4v) is 3.16. The lowest BCUT2D eigenvalue weighted by Crippen LogP contribution is -2.59. The molecular formula is C20H30N4O11. The van der Waals surface area contributed by atoms with E-state index in [0.29, 0.717) is 0 Å². The maximum atomic E-state index is 12.9. The smallest absolute Gasteiger partial charge is 0.305 e. The predicted molar refractivity (Wildman–Crippen MR) is 115 cm³/mol. The summed E-state index contributed by atoms with van der Waals surface area (Å²) in [4.78, 5) is 95.0. The summed E-state index contributed by atoms with van der Waals surface area (Å²) in [5.41, 5.74) is 5.44. The lowest BCUT2D eigenvalue weighted by molar-refractivity contribution is -0.150. The number of hydrogen-bond acceptors (Lipinski definition) is 9. The van der Waals surface area contributed by atoms with Crippen LogP contribution in [0, 0.1) is 5.92 Å². The second kappa shape index (κ2) is 14.4. The summed E-state index contributed by atoms with van der Waals surface area (Å²) >= 11 is 0. The Morgan fingerprint density at radius 3 is 1.83 bits per heavy atom. The van der Waals surface area contributed by atoms with Crippen LogP contribution in [-0.4, -0.2) is 92.2 Å². The van der Waals surface area contributed by atoms with Gasteiger partial charge in [-0.3, -0.25) is 38.9 Å². The van der Waals surface area contributed by atoms with Crippen LogP contribution in [0.2, 0.25) is 0 Å². The Morgan fingerprint density at radius 1 is 0.886 bits per heavy atom. The van der Waals surface area contributed by atoms with Crippen molar-refractivity contribution < 1.29 is 53.7 Å². The Labute approximate surface area is 200 Å². The third-order valence-electron chi connectivity index (χ3n) is 4.72. The molecule has 7 N–H and O–H groups in total. The average Bonchev–Trinajstić information content (AvgIpc) is 2.71. The number of nitrogens with one attached hydrogen (secondary N) is 2. The molecule has 0 saturated carbocycles. The van der Waals surface area contributed by atoms with Crippen LogP contribution in [0.25, 0.3) is 0 Å². The number of nitrogens with two attached hydrogens (primary N) is 1. The molecule has 0 rings (SSSR count). The van der Waals surface area contributed by atoms with Crippen LogP contribution in [0.5, 0.6) is 0 Å². The molecule has 0 radical (unpaired) electrons. The number of carboxylic acids is 3. The molecule has 0 saturated heterocycles. The van der Waals surface area contributed by atoms with Gasteiger partial charge in [-0.05, 0) is 12.3 Å². The molecule has 0 aliphatic rings. The van der Waals surface area contributed by atoms with E-state index in [-0.39, 0.29) is 6.29 Å². The highest BCUT2D eigenvalue weighted by atomic mass is 16.4. The molecule has 0 aromatic rings. The predicted octanol–water partition coefficient (Wildman–Crippen LogP) is -2.30. The molecule has 15 heteroatoms. The molecular weight excluding hydrogens is 472 g/mol. The zero-order valence-electron chi connectivity index (χ0n) is 19.4. The van der Waals surface area contributed by atoms with Gasteiger partial charge in [0.05, 0.1) is 24.9 Å². The van der Waals surface area contributed by atoms with Crippen molar-refractivity contribution in [2.75, 3.05) is 0 Å².